The molecule has 3 nitrogen and oxygen atoms in total. The molecule has 0 fully saturated rings. The molecule has 3 heteroatoms. The Balaban J connectivity index is 2.11. The molecular weight excluding hydrogens is 224 g/mol. The van der Waals surface area contributed by atoms with Gasteiger partial charge in [-0.3, -0.25) is 0 Å². The van der Waals surface area contributed by atoms with E-state index < -0.39 is 0 Å². The molecule has 0 amide bonds. The number of phenolic OH excluding ortho intramolecular Hbond substituents is 1. The minimum atomic E-state index is 0.232. The van der Waals surface area contributed by atoms with E-state index in [1.165, 1.54) is 5.56 Å². The monoisotopic (exact) mass is 240 g/mol. The van der Waals surface area contributed by atoms with E-state index in [1.807, 2.05) is 12.1 Å². The molecule has 0 bridgehead atoms. The number of aromatic hydroxyl groups is 1. The summed E-state index contributed by atoms with van der Waals surface area (Å²) in [6.07, 6.45) is 0. The van der Waals surface area contributed by atoms with Crippen molar-refractivity contribution in [3.8, 4) is 5.75 Å². The second-order valence-corrected chi connectivity index (χ2v) is 4.46. The second kappa shape index (κ2) is 5.45. The maximum absolute atomic E-state index is 9.15. The van der Waals surface area contributed by atoms with Gasteiger partial charge in [0.25, 0.3) is 0 Å². The van der Waals surface area contributed by atoms with Crippen LogP contribution in [0.1, 0.15) is 25.3 Å². The van der Waals surface area contributed by atoms with E-state index in [0.717, 1.165) is 11.4 Å². The van der Waals surface area contributed by atoms with Crippen LogP contribution >= 0.6 is 0 Å². The van der Waals surface area contributed by atoms with Crippen molar-refractivity contribution in [3.05, 3.63) is 54.1 Å². The van der Waals surface area contributed by atoms with Crippen LogP contribution in [0.5, 0.6) is 5.75 Å². The van der Waals surface area contributed by atoms with Gasteiger partial charge in [-0.15, -0.1) is 0 Å². The third-order valence-electron chi connectivity index (χ3n) is 2.69. The zero-order valence-electron chi connectivity index (χ0n) is 10.5. The summed E-state index contributed by atoms with van der Waals surface area (Å²) >= 11 is 0. The predicted molar refractivity (Wildman–Crippen MR) is 72.8 cm³/mol. The van der Waals surface area contributed by atoms with E-state index in [0.29, 0.717) is 5.92 Å². The molecule has 18 heavy (non-hydrogen) atoms. The molecule has 2 aromatic carbocycles. The molecule has 0 aromatic heterocycles. The molecule has 0 radical (unpaired) electrons. The molecule has 2 aromatic rings. The van der Waals surface area contributed by atoms with Gasteiger partial charge in [0.05, 0.1) is 11.4 Å². The molecule has 92 valence electrons. The molecule has 0 atom stereocenters. The fourth-order valence-electron chi connectivity index (χ4n) is 1.56. The van der Waals surface area contributed by atoms with Crippen LogP contribution in [0.4, 0.5) is 11.4 Å². The smallest absolute Gasteiger partial charge is 0.115 e. The number of benzene rings is 2. The lowest BCUT2D eigenvalue weighted by molar-refractivity contribution is 0.475. The van der Waals surface area contributed by atoms with Gasteiger partial charge in [0.1, 0.15) is 5.75 Å². The standard InChI is InChI=1S/C15H16N2O/c1-11(2)12-3-5-13(6-4-12)16-17-14-7-9-15(18)10-8-14/h3-11,18H,1-2H3/b17-16+. The van der Waals surface area contributed by atoms with Crippen molar-refractivity contribution in [2.75, 3.05) is 0 Å². The van der Waals surface area contributed by atoms with Gasteiger partial charge in [0.15, 0.2) is 0 Å². The number of azo groups is 1. The summed E-state index contributed by atoms with van der Waals surface area (Å²) in [5, 5.41) is 17.4. The average Bonchev–Trinajstić information content (AvgIpc) is 2.38. The van der Waals surface area contributed by atoms with Crippen molar-refractivity contribution < 1.29 is 5.11 Å². The quantitative estimate of drug-likeness (QED) is 0.759. The second-order valence-electron chi connectivity index (χ2n) is 4.46. The SMILES string of the molecule is CC(C)c1ccc(/N=N/c2ccc(O)cc2)cc1. The van der Waals surface area contributed by atoms with Gasteiger partial charge in [-0.25, -0.2) is 0 Å². The summed E-state index contributed by atoms with van der Waals surface area (Å²) in [5.41, 5.74) is 2.84. The molecule has 1 N–H and O–H groups in total. The normalized spacial score (nSPS) is 11.3. The topological polar surface area (TPSA) is 45.0 Å². The fraction of sp³-hybridized carbons (Fsp3) is 0.200. The lowest BCUT2D eigenvalue weighted by atomic mass is 10.0. The van der Waals surface area contributed by atoms with E-state index in [4.69, 9.17) is 5.11 Å². The first-order valence-electron chi connectivity index (χ1n) is 5.96. The molecule has 0 unspecified atom stereocenters. The first-order chi connectivity index (χ1) is 8.65. The Morgan fingerprint density at radius 1 is 0.778 bits per heavy atom. The maximum Gasteiger partial charge on any atom is 0.115 e. The number of nitrogens with zero attached hydrogens (tertiary/aromatic N) is 2. The van der Waals surface area contributed by atoms with Crippen molar-refractivity contribution >= 4 is 11.4 Å². The Morgan fingerprint density at radius 2 is 1.22 bits per heavy atom. The molecule has 0 aliphatic heterocycles. The average molecular weight is 240 g/mol. The van der Waals surface area contributed by atoms with Gasteiger partial charge < -0.3 is 5.11 Å². The van der Waals surface area contributed by atoms with Crippen molar-refractivity contribution in [2.45, 2.75) is 19.8 Å². The fourth-order valence-corrected chi connectivity index (χ4v) is 1.56. The Bertz CT molecular complexity index is 527. The van der Waals surface area contributed by atoms with Crippen LogP contribution in [-0.4, -0.2) is 5.11 Å². The summed E-state index contributed by atoms with van der Waals surface area (Å²) in [6, 6.07) is 14.7. The van der Waals surface area contributed by atoms with Crippen molar-refractivity contribution in [2.24, 2.45) is 10.2 Å². The van der Waals surface area contributed by atoms with Crippen LogP contribution in [0.3, 0.4) is 0 Å². The van der Waals surface area contributed by atoms with Crippen LogP contribution < -0.4 is 0 Å². The van der Waals surface area contributed by atoms with Gasteiger partial charge in [-0.1, -0.05) is 26.0 Å². The molecule has 0 aliphatic rings. The van der Waals surface area contributed by atoms with Gasteiger partial charge >= 0.3 is 0 Å². The summed E-state index contributed by atoms with van der Waals surface area (Å²) in [5.74, 6) is 0.753. The van der Waals surface area contributed by atoms with E-state index in [2.05, 4.69) is 36.2 Å². The summed E-state index contributed by atoms with van der Waals surface area (Å²) in [7, 11) is 0. The van der Waals surface area contributed by atoms with Crippen LogP contribution in [0.2, 0.25) is 0 Å². The Hall–Kier alpha value is -2.16. The highest BCUT2D eigenvalue weighted by Gasteiger charge is 1.98. The van der Waals surface area contributed by atoms with E-state index in [1.54, 1.807) is 24.3 Å². The van der Waals surface area contributed by atoms with Gasteiger partial charge in [0.2, 0.25) is 0 Å². The van der Waals surface area contributed by atoms with Gasteiger partial charge in [-0.05, 0) is 47.9 Å². The summed E-state index contributed by atoms with van der Waals surface area (Å²) < 4.78 is 0. The van der Waals surface area contributed by atoms with Crippen LogP contribution in [0.25, 0.3) is 0 Å². The van der Waals surface area contributed by atoms with Gasteiger partial charge in [0, 0.05) is 0 Å². The Morgan fingerprint density at radius 3 is 1.67 bits per heavy atom. The summed E-state index contributed by atoms with van der Waals surface area (Å²) in [4.78, 5) is 0. The van der Waals surface area contributed by atoms with Crippen LogP contribution in [-0.2, 0) is 0 Å². The zero-order valence-corrected chi connectivity index (χ0v) is 10.5. The van der Waals surface area contributed by atoms with E-state index in [9.17, 15) is 0 Å². The van der Waals surface area contributed by atoms with Gasteiger partial charge in [-0.2, -0.15) is 10.2 Å². The first-order valence-corrected chi connectivity index (χ1v) is 5.96. The Kier molecular flexibility index (Phi) is 3.72. The third-order valence-corrected chi connectivity index (χ3v) is 2.69. The van der Waals surface area contributed by atoms with E-state index >= 15 is 0 Å². The number of phenols is 1. The summed E-state index contributed by atoms with van der Waals surface area (Å²) in [6.45, 7) is 4.32. The zero-order chi connectivity index (χ0) is 13.0. The lowest BCUT2D eigenvalue weighted by Gasteiger charge is -2.03. The van der Waals surface area contributed by atoms with Crippen LogP contribution in [0.15, 0.2) is 58.8 Å². The molecule has 0 aliphatic carbocycles. The minimum Gasteiger partial charge on any atom is -0.508 e. The van der Waals surface area contributed by atoms with Crippen LogP contribution in [0, 0.1) is 0 Å². The molecule has 0 saturated heterocycles. The molecule has 0 saturated carbocycles. The van der Waals surface area contributed by atoms with Crippen molar-refractivity contribution in [1.82, 2.24) is 0 Å². The molecule has 0 spiro atoms. The molecule has 0 heterocycles. The highest BCUT2D eigenvalue weighted by Crippen LogP contribution is 2.22. The number of rotatable bonds is 3. The number of hydrogen-bond donors (Lipinski definition) is 1. The lowest BCUT2D eigenvalue weighted by Crippen LogP contribution is -1.84. The Labute approximate surface area is 107 Å². The highest BCUT2D eigenvalue weighted by molar-refractivity contribution is 5.43. The minimum absolute atomic E-state index is 0.232. The molecular formula is C15H16N2O. The van der Waals surface area contributed by atoms with E-state index in [-0.39, 0.29) is 5.75 Å². The molecule has 2 rings (SSSR count). The largest absolute Gasteiger partial charge is 0.508 e. The van der Waals surface area contributed by atoms with Crippen molar-refractivity contribution in [1.29, 1.82) is 0 Å². The van der Waals surface area contributed by atoms with Crippen molar-refractivity contribution in [3.63, 3.8) is 0 Å². The maximum atomic E-state index is 9.15. The first kappa shape index (κ1) is 12.3. The number of hydrogen-bond acceptors (Lipinski definition) is 3. The third kappa shape index (κ3) is 3.17. The predicted octanol–water partition coefficient (Wildman–Crippen LogP) is 4.93. The highest BCUT2D eigenvalue weighted by atomic mass is 16.3.